The Hall–Kier alpha value is -4.37. The molecule has 1 fully saturated rings. The van der Waals surface area contributed by atoms with Crippen LogP contribution in [0, 0.1) is 12.8 Å². The number of H-pyrrole nitrogens is 2. The fraction of sp³-hybridized carbons (Fsp3) is 0.233. The van der Waals surface area contributed by atoms with Crippen molar-refractivity contribution in [2.45, 2.75) is 39.0 Å². The lowest BCUT2D eigenvalue weighted by Gasteiger charge is -2.20. The number of imidazole rings is 1. The van der Waals surface area contributed by atoms with Gasteiger partial charge in [-0.25, -0.2) is 9.97 Å². The lowest BCUT2D eigenvalue weighted by atomic mass is 9.88. The first kappa shape index (κ1) is 23.7. The van der Waals surface area contributed by atoms with E-state index in [9.17, 15) is 4.79 Å². The maximum Gasteiger partial charge on any atom is 0.227 e. The van der Waals surface area contributed by atoms with E-state index in [0.717, 1.165) is 64.6 Å². The summed E-state index contributed by atoms with van der Waals surface area (Å²) < 4.78 is 0. The van der Waals surface area contributed by atoms with E-state index in [-0.39, 0.29) is 11.8 Å². The molecule has 194 valence electrons. The molecule has 1 aliphatic carbocycles. The number of aromatic amines is 2. The highest BCUT2D eigenvalue weighted by Crippen LogP contribution is 2.35. The number of carbonyl (C=O) groups is 1. The molecule has 0 saturated heterocycles. The third kappa shape index (κ3) is 4.48. The van der Waals surface area contributed by atoms with Crippen molar-refractivity contribution in [1.82, 2.24) is 30.1 Å². The molecule has 0 atom stereocenters. The van der Waals surface area contributed by atoms with Crippen LogP contribution in [0.2, 0.25) is 0 Å². The van der Waals surface area contributed by atoms with Crippen molar-refractivity contribution in [2.75, 3.05) is 5.32 Å². The third-order valence-electron chi connectivity index (χ3n) is 7.43. The summed E-state index contributed by atoms with van der Waals surface area (Å²) in [6.07, 6.45) is 8.82. The minimum atomic E-state index is 0.0798. The molecule has 0 bridgehead atoms. The van der Waals surface area contributed by atoms with Crippen molar-refractivity contribution in [3.05, 3.63) is 65.8 Å². The van der Waals surface area contributed by atoms with Gasteiger partial charge in [0.1, 0.15) is 5.52 Å². The van der Waals surface area contributed by atoms with E-state index >= 15 is 0 Å². The van der Waals surface area contributed by atoms with Crippen molar-refractivity contribution >= 4 is 45.0 Å². The summed E-state index contributed by atoms with van der Waals surface area (Å²) in [7, 11) is 0. The second kappa shape index (κ2) is 9.74. The number of benzene rings is 1. The van der Waals surface area contributed by atoms with Gasteiger partial charge in [-0.15, -0.1) is 11.3 Å². The molecule has 7 rings (SSSR count). The number of hydrogen-bond donors (Lipinski definition) is 3. The molecule has 0 radical (unpaired) electrons. The molecule has 1 aromatic carbocycles. The van der Waals surface area contributed by atoms with Crippen LogP contribution in [-0.4, -0.2) is 36.0 Å². The maximum atomic E-state index is 12.8. The normalized spacial score (nSPS) is 14.3. The average Bonchev–Trinajstić information content (AvgIpc) is 3.71. The zero-order valence-electron chi connectivity index (χ0n) is 21.5. The van der Waals surface area contributed by atoms with Crippen LogP contribution in [0.5, 0.6) is 0 Å². The standard InChI is InChI=1S/C30H27N7OS/c1-17-10-13-25(39-17)21-8-5-9-23-26(21)35-29(34-23)28-27-24(36-37-28)12-11-22(33-27)19-14-20(16-31-15-19)32-30(38)18-6-3-2-4-7-18/h5,8-16,18H,2-4,6-7H2,1H3,(H,32,38)(H,34,35)(H,36,37). The van der Waals surface area contributed by atoms with Crippen LogP contribution in [-0.2, 0) is 4.79 Å². The predicted molar refractivity (Wildman–Crippen MR) is 155 cm³/mol. The smallest absolute Gasteiger partial charge is 0.227 e. The minimum absolute atomic E-state index is 0.0798. The van der Waals surface area contributed by atoms with Gasteiger partial charge in [0.25, 0.3) is 0 Å². The maximum absolute atomic E-state index is 12.8. The molecule has 1 amide bonds. The zero-order valence-corrected chi connectivity index (χ0v) is 22.3. The van der Waals surface area contributed by atoms with Gasteiger partial charge in [-0.05, 0) is 56.2 Å². The molecule has 5 aromatic heterocycles. The average molecular weight is 534 g/mol. The van der Waals surface area contributed by atoms with E-state index in [2.05, 4.69) is 50.6 Å². The summed E-state index contributed by atoms with van der Waals surface area (Å²) in [6, 6.07) is 16.3. The van der Waals surface area contributed by atoms with Crippen LogP contribution in [0.4, 0.5) is 5.69 Å². The van der Waals surface area contributed by atoms with Crippen molar-refractivity contribution in [3.63, 3.8) is 0 Å². The minimum Gasteiger partial charge on any atom is -0.336 e. The molecule has 0 spiro atoms. The molecule has 8 nitrogen and oxygen atoms in total. The molecule has 0 unspecified atom stereocenters. The first-order valence-corrected chi connectivity index (χ1v) is 14.1. The monoisotopic (exact) mass is 533 g/mol. The van der Waals surface area contributed by atoms with E-state index in [1.165, 1.54) is 16.2 Å². The second-order valence-corrected chi connectivity index (χ2v) is 11.4. The summed E-state index contributed by atoms with van der Waals surface area (Å²) in [4.78, 5) is 32.9. The number of fused-ring (bicyclic) bond motifs is 2. The van der Waals surface area contributed by atoms with Crippen LogP contribution in [0.1, 0.15) is 37.0 Å². The highest BCUT2D eigenvalue weighted by Gasteiger charge is 2.22. The molecular formula is C30H27N7OS. The summed E-state index contributed by atoms with van der Waals surface area (Å²) >= 11 is 1.76. The lowest BCUT2D eigenvalue weighted by molar-refractivity contribution is -0.120. The van der Waals surface area contributed by atoms with Gasteiger partial charge in [-0.2, -0.15) is 5.10 Å². The fourth-order valence-electron chi connectivity index (χ4n) is 5.40. The van der Waals surface area contributed by atoms with Crippen molar-refractivity contribution < 1.29 is 4.79 Å². The number of aryl methyl sites for hydroxylation is 1. The van der Waals surface area contributed by atoms with E-state index in [1.807, 2.05) is 30.3 Å². The van der Waals surface area contributed by atoms with Crippen LogP contribution < -0.4 is 5.32 Å². The Balaban J connectivity index is 1.22. The Morgan fingerprint density at radius 1 is 0.974 bits per heavy atom. The van der Waals surface area contributed by atoms with Crippen LogP contribution in [0.3, 0.4) is 0 Å². The molecule has 1 aliphatic rings. The molecule has 39 heavy (non-hydrogen) atoms. The Labute approximate surface area is 228 Å². The summed E-state index contributed by atoms with van der Waals surface area (Å²) in [6.45, 7) is 2.11. The molecule has 6 aromatic rings. The number of aromatic nitrogens is 6. The number of nitrogens with zero attached hydrogens (tertiary/aromatic N) is 4. The predicted octanol–water partition coefficient (Wildman–Crippen LogP) is 7.12. The van der Waals surface area contributed by atoms with Gasteiger partial charge >= 0.3 is 0 Å². The number of carbonyl (C=O) groups excluding carboxylic acids is 1. The number of hydrogen-bond acceptors (Lipinski definition) is 6. The Morgan fingerprint density at radius 3 is 2.72 bits per heavy atom. The summed E-state index contributed by atoms with van der Waals surface area (Å²) in [5.74, 6) is 0.822. The topological polar surface area (TPSA) is 112 Å². The number of pyridine rings is 2. The van der Waals surface area contributed by atoms with E-state index < -0.39 is 0 Å². The van der Waals surface area contributed by atoms with Gasteiger partial charge in [0.2, 0.25) is 5.91 Å². The molecule has 9 heteroatoms. The SMILES string of the molecule is Cc1ccc(-c2cccc3[nH]c(-c4n[nH]c5ccc(-c6cncc(NC(=O)C7CCCCC7)c6)nc45)nc23)s1. The number of nitrogens with one attached hydrogen (secondary N) is 3. The van der Waals surface area contributed by atoms with Crippen molar-refractivity contribution in [3.8, 4) is 33.2 Å². The first-order chi connectivity index (χ1) is 19.1. The van der Waals surface area contributed by atoms with Gasteiger partial charge in [0.05, 0.1) is 34.1 Å². The van der Waals surface area contributed by atoms with E-state index in [1.54, 1.807) is 23.7 Å². The van der Waals surface area contributed by atoms with Crippen molar-refractivity contribution in [2.24, 2.45) is 5.92 Å². The van der Waals surface area contributed by atoms with Crippen LogP contribution >= 0.6 is 11.3 Å². The van der Waals surface area contributed by atoms with Gasteiger partial charge < -0.3 is 10.3 Å². The Kier molecular flexibility index (Phi) is 5.93. The Morgan fingerprint density at radius 2 is 1.87 bits per heavy atom. The molecule has 3 N–H and O–H groups in total. The summed E-state index contributed by atoms with van der Waals surface area (Å²) in [5, 5.41) is 10.7. The highest BCUT2D eigenvalue weighted by atomic mass is 32.1. The van der Waals surface area contributed by atoms with Gasteiger partial charge in [0, 0.05) is 33.0 Å². The Bertz CT molecular complexity index is 1830. The van der Waals surface area contributed by atoms with Gasteiger partial charge in [-0.3, -0.25) is 14.9 Å². The first-order valence-electron chi connectivity index (χ1n) is 13.3. The largest absolute Gasteiger partial charge is 0.336 e. The third-order valence-corrected chi connectivity index (χ3v) is 8.46. The fourth-order valence-corrected chi connectivity index (χ4v) is 6.30. The highest BCUT2D eigenvalue weighted by molar-refractivity contribution is 7.15. The van der Waals surface area contributed by atoms with E-state index in [4.69, 9.17) is 9.97 Å². The number of anilines is 1. The number of para-hydroxylation sites is 1. The zero-order chi connectivity index (χ0) is 26.3. The molecule has 1 saturated carbocycles. The second-order valence-electron chi connectivity index (χ2n) is 10.1. The molecule has 0 aliphatic heterocycles. The molecule has 5 heterocycles. The van der Waals surface area contributed by atoms with Crippen LogP contribution in [0.25, 0.3) is 55.3 Å². The van der Waals surface area contributed by atoms with Gasteiger partial charge in [0.15, 0.2) is 11.5 Å². The van der Waals surface area contributed by atoms with Crippen molar-refractivity contribution in [1.29, 1.82) is 0 Å². The van der Waals surface area contributed by atoms with E-state index in [0.29, 0.717) is 17.2 Å². The number of rotatable bonds is 5. The number of amides is 1. The molecular weight excluding hydrogens is 506 g/mol. The van der Waals surface area contributed by atoms with Gasteiger partial charge in [-0.1, -0.05) is 31.4 Å². The quantitative estimate of drug-likeness (QED) is 0.218. The summed E-state index contributed by atoms with van der Waals surface area (Å²) in [5.41, 5.74) is 7.41. The van der Waals surface area contributed by atoms with Crippen LogP contribution in [0.15, 0.2) is 60.9 Å². The lowest BCUT2D eigenvalue weighted by Crippen LogP contribution is -2.24. The number of thiophene rings is 1.